The molecule has 0 atom stereocenters. The van der Waals surface area contributed by atoms with Gasteiger partial charge in [0.2, 0.25) is 0 Å². The van der Waals surface area contributed by atoms with Crippen LogP contribution >= 0.6 is 27.3 Å². The van der Waals surface area contributed by atoms with Crippen molar-refractivity contribution in [1.29, 1.82) is 0 Å². The van der Waals surface area contributed by atoms with E-state index in [0.717, 1.165) is 15.0 Å². The van der Waals surface area contributed by atoms with Crippen LogP contribution in [0.2, 0.25) is 0 Å². The van der Waals surface area contributed by atoms with Gasteiger partial charge in [0.15, 0.2) is 0 Å². The molecule has 0 bridgehead atoms. The van der Waals surface area contributed by atoms with Crippen LogP contribution in [-0.2, 0) is 11.3 Å². The maximum atomic E-state index is 11.7. The van der Waals surface area contributed by atoms with Crippen molar-refractivity contribution in [3.8, 4) is 0 Å². The summed E-state index contributed by atoms with van der Waals surface area (Å²) in [7, 11) is 1.39. The van der Waals surface area contributed by atoms with E-state index in [4.69, 9.17) is 4.74 Å². The Morgan fingerprint density at radius 1 is 1.37 bits per heavy atom. The lowest BCUT2D eigenvalue weighted by atomic mass is 10.1. The molecule has 0 radical (unpaired) electrons. The molecule has 1 aromatic carbocycles. The topological polar surface area (TPSA) is 38.3 Å². The van der Waals surface area contributed by atoms with Gasteiger partial charge < -0.3 is 10.1 Å². The fraction of sp³-hybridized carbons (Fsp3) is 0.214. The quantitative estimate of drug-likeness (QED) is 0.847. The lowest BCUT2D eigenvalue weighted by Crippen LogP contribution is -2.08. The monoisotopic (exact) mass is 339 g/mol. The number of carbonyl (C=O) groups excluding carboxylic acids is 1. The Morgan fingerprint density at radius 2 is 2.16 bits per heavy atom. The molecule has 0 fully saturated rings. The summed E-state index contributed by atoms with van der Waals surface area (Å²) in [5.41, 5.74) is 2.39. The number of aryl methyl sites for hydroxylation is 1. The van der Waals surface area contributed by atoms with Gasteiger partial charge in [-0.1, -0.05) is 11.6 Å². The second kappa shape index (κ2) is 6.21. The average molecular weight is 340 g/mol. The Morgan fingerprint density at radius 3 is 2.79 bits per heavy atom. The van der Waals surface area contributed by atoms with Crippen molar-refractivity contribution < 1.29 is 9.53 Å². The lowest BCUT2D eigenvalue weighted by Gasteiger charge is -2.10. The summed E-state index contributed by atoms with van der Waals surface area (Å²) in [6.07, 6.45) is 0. The molecule has 19 heavy (non-hydrogen) atoms. The molecule has 0 saturated heterocycles. The molecule has 0 amide bonds. The summed E-state index contributed by atoms with van der Waals surface area (Å²) in [6.45, 7) is 2.63. The van der Waals surface area contributed by atoms with E-state index in [1.165, 1.54) is 12.0 Å². The number of benzene rings is 1. The Kier molecular flexibility index (Phi) is 4.61. The summed E-state index contributed by atoms with van der Waals surface area (Å²) in [5.74, 6) is -0.321. The molecular formula is C14H14BrNO2S. The van der Waals surface area contributed by atoms with Gasteiger partial charge in [0.05, 0.1) is 16.5 Å². The average Bonchev–Trinajstić information content (AvgIpc) is 2.82. The van der Waals surface area contributed by atoms with Crippen molar-refractivity contribution in [3.63, 3.8) is 0 Å². The van der Waals surface area contributed by atoms with Crippen molar-refractivity contribution in [2.24, 2.45) is 0 Å². The predicted molar refractivity (Wildman–Crippen MR) is 81.9 cm³/mol. The molecule has 2 aromatic rings. The maximum Gasteiger partial charge on any atom is 0.339 e. The predicted octanol–water partition coefficient (Wildman–Crippen LogP) is 4.22. The third kappa shape index (κ3) is 3.58. The number of halogens is 1. The van der Waals surface area contributed by atoms with Gasteiger partial charge in [-0.15, -0.1) is 11.3 Å². The number of ether oxygens (including phenoxy) is 1. The minimum absolute atomic E-state index is 0.321. The second-order valence-electron chi connectivity index (χ2n) is 4.10. The van der Waals surface area contributed by atoms with Crippen LogP contribution in [0, 0.1) is 6.92 Å². The highest BCUT2D eigenvalue weighted by Gasteiger charge is 2.12. The Labute approximate surface area is 124 Å². The van der Waals surface area contributed by atoms with Crippen LogP contribution in [0.1, 0.15) is 20.8 Å². The number of carbonyl (C=O) groups is 1. The van der Waals surface area contributed by atoms with Crippen LogP contribution in [0.25, 0.3) is 0 Å². The zero-order valence-electron chi connectivity index (χ0n) is 10.7. The number of esters is 1. The van der Waals surface area contributed by atoms with E-state index in [2.05, 4.69) is 21.2 Å². The first-order valence-electron chi connectivity index (χ1n) is 5.77. The van der Waals surface area contributed by atoms with Gasteiger partial charge in [0, 0.05) is 17.1 Å². The van der Waals surface area contributed by atoms with Crippen LogP contribution < -0.4 is 5.32 Å². The molecule has 2 rings (SSSR count). The molecule has 0 saturated carbocycles. The van der Waals surface area contributed by atoms with Gasteiger partial charge in [-0.3, -0.25) is 0 Å². The molecule has 1 heterocycles. The largest absolute Gasteiger partial charge is 0.465 e. The highest BCUT2D eigenvalue weighted by Crippen LogP contribution is 2.24. The van der Waals surface area contributed by atoms with Gasteiger partial charge in [0.1, 0.15) is 0 Å². The third-order valence-electron chi connectivity index (χ3n) is 2.66. The second-order valence-corrected chi connectivity index (χ2v) is 6.65. The van der Waals surface area contributed by atoms with E-state index >= 15 is 0 Å². The Balaban J connectivity index is 2.17. The molecule has 5 heteroatoms. The minimum Gasteiger partial charge on any atom is -0.465 e. The normalized spacial score (nSPS) is 10.3. The number of methoxy groups -OCH3 is 1. The van der Waals surface area contributed by atoms with Gasteiger partial charge in [-0.25, -0.2) is 4.79 Å². The van der Waals surface area contributed by atoms with Crippen molar-refractivity contribution in [1.82, 2.24) is 0 Å². The molecule has 1 N–H and O–H groups in total. The number of hydrogen-bond donors (Lipinski definition) is 1. The molecule has 0 unspecified atom stereocenters. The van der Waals surface area contributed by atoms with E-state index in [1.54, 1.807) is 11.3 Å². The van der Waals surface area contributed by atoms with E-state index in [1.807, 2.05) is 37.3 Å². The molecule has 100 valence electrons. The maximum absolute atomic E-state index is 11.7. The van der Waals surface area contributed by atoms with Crippen LogP contribution in [0.3, 0.4) is 0 Å². The van der Waals surface area contributed by atoms with Crippen molar-refractivity contribution >= 4 is 38.9 Å². The van der Waals surface area contributed by atoms with Crippen LogP contribution in [0.5, 0.6) is 0 Å². The standard InChI is InChI=1S/C14H14BrNO2S/c1-9-3-5-12(11(7-9)14(17)18-2)16-8-10-4-6-13(15)19-10/h3-7,16H,8H2,1-2H3. The third-order valence-corrected chi connectivity index (χ3v) is 4.29. The van der Waals surface area contributed by atoms with Gasteiger partial charge in [0.25, 0.3) is 0 Å². The number of thiophene rings is 1. The molecular weight excluding hydrogens is 326 g/mol. The molecule has 0 spiro atoms. The fourth-order valence-corrected chi connectivity index (χ4v) is 3.14. The van der Waals surface area contributed by atoms with E-state index in [0.29, 0.717) is 12.1 Å². The van der Waals surface area contributed by atoms with Crippen molar-refractivity contribution in [3.05, 3.63) is 50.1 Å². The molecule has 3 nitrogen and oxygen atoms in total. The first kappa shape index (κ1) is 14.1. The summed E-state index contributed by atoms with van der Waals surface area (Å²) in [6, 6.07) is 9.77. The van der Waals surface area contributed by atoms with Gasteiger partial charge >= 0.3 is 5.97 Å². The Hall–Kier alpha value is -1.33. The first-order valence-corrected chi connectivity index (χ1v) is 7.38. The smallest absolute Gasteiger partial charge is 0.339 e. The van der Waals surface area contributed by atoms with Crippen LogP contribution in [-0.4, -0.2) is 13.1 Å². The highest BCUT2D eigenvalue weighted by molar-refractivity contribution is 9.11. The number of hydrogen-bond acceptors (Lipinski definition) is 4. The minimum atomic E-state index is -0.321. The molecule has 0 aliphatic carbocycles. The molecule has 0 aliphatic rings. The summed E-state index contributed by atoms with van der Waals surface area (Å²) in [4.78, 5) is 12.9. The van der Waals surface area contributed by atoms with Gasteiger partial charge in [-0.2, -0.15) is 0 Å². The van der Waals surface area contributed by atoms with E-state index in [9.17, 15) is 4.79 Å². The van der Waals surface area contributed by atoms with Gasteiger partial charge in [-0.05, 0) is 47.1 Å². The Bertz CT molecular complexity index is 595. The zero-order chi connectivity index (χ0) is 13.8. The molecule has 0 aliphatic heterocycles. The zero-order valence-corrected chi connectivity index (χ0v) is 13.1. The van der Waals surface area contributed by atoms with E-state index < -0.39 is 0 Å². The number of rotatable bonds is 4. The fourth-order valence-electron chi connectivity index (χ4n) is 1.72. The summed E-state index contributed by atoms with van der Waals surface area (Å²) < 4.78 is 5.90. The van der Waals surface area contributed by atoms with Crippen LogP contribution in [0.15, 0.2) is 34.1 Å². The summed E-state index contributed by atoms with van der Waals surface area (Å²) in [5, 5.41) is 3.27. The number of nitrogens with one attached hydrogen (secondary N) is 1. The molecule has 1 aromatic heterocycles. The summed E-state index contributed by atoms with van der Waals surface area (Å²) >= 11 is 5.10. The van der Waals surface area contributed by atoms with Crippen molar-refractivity contribution in [2.75, 3.05) is 12.4 Å². The number of anilines is 1. The van der Waals surface area contributed by atoms with Crippen LogP contribution in [0.4, 0.5) is 5.69 Å². The highest BCUT2D eigenvalue weighted by atomic mass is 79.9. The SMILES string of the molecule is COC(=O)c1cc(C)ccc1NCc1ccc(Br)s1. The first-order chi connectivity index (χ1) is 9.10. The van der Waals surface area contributed by atoms with E-state index in [-0.39, 0.29) is 5.97 Å². The van der Waals surface area contributed by atoms with Crippen molar-refractivity contribution in [2.45, 2.75) is 13.5 Å². The lowest BCUT2D eigenvalue weighted by molar-refractivity contribution is 0.0601.